The quantitative estimate of drug-likeness (QED) is 0.254. The van der Waals surface area contributed by atoms with Gasteiger partial charge in [0.05, 0.1) is 0 Å². The first-order valence-corrected chi connectivity index (χ1v) is 16.6. The Bertz CT molecular complexity index is 973. The molecule has 0 amide bonds. The van der Waals surface area contributed by atoms with Crippen molar-refractivity contribution in [2.75, 3.05) is 0 Å². The van der Waals surface area contributed by atoms with Crippen LogP contribution >= 0.6 is 0 Å². The molecular formula is C30H40Cl2SiTi-2. The van der Waals surface area contributed by atoms with Gasteiger partial charge in [0.15, 0.2) is 0 Å². The van der Waals surface area contributed by atoms with Crippen molar-refractivity contribution in [1.29, 1.82) is 0 Å². The average Bonchev–Trinajstić information content (AvgIpc) is 3.33. The van der Waals surface area contributed by atoms with E-state index >= 15 is 0 Å². The number of hydrogen-bond acceptors (Lipinski definition) is 0. The van der Waals surface area contributed by atoms with Gasteiger partial charge in [0.1, 0.15) is 0 Å². The van der Waals surface area contributed by atoms with Crippen LogP contribution < -0.4 is 24.8 Å². The van der Waals surface area contributed by atoms with Gasteiger partial charge in [0.2, 0.25) is 0 Å². The van der Waals surface area contributed by atoms with Crippen molar-refractivity contribution >= 4 is 6.19 Å². The average molecular weight is 548 g/mol. The van der Waals surface area contributed by atoms with E-state index in [2.05, 4.69) is 141 Å². The normalized spacial score (nSPS) is 11.4. The Kier molecular flexibility index (Phi) is 13.9. The van der Waals surface area contributed by atoms with Gasteiger partial charge in [-0.25, -0.2) is 12.1 Å². The third kappa shape index (κ3) is 9.75. The summed E-state index contributed by atoms with van der Waals surface area (Å²) >= 11 is 2.27. The molecule has 4 heteroatoms. The van der Waals surface area contributed by atoms with Crippen molar-refractivity contribution in [3.63, 3.8) is 0 Å². The Hall–Kier alpha value is -0.699. The molecule has 0 saturated carbocycles. The molecule has 3 aromatic carbocycles. The minimum Gasteiger partial charge on any atom is -1.00 e. The first kappa shape index (κ1) is 33.3. The van der Waals surface area contributed by atoms with Gasteiger partial charge in [0, 0.05) is 0 Å². The topological polar surface area (TPSA) is 0 Å². The predicted octanol–water partition coefficient (Wildman–Crippen LogP) is 2.41. The van der Waals surface area contributed by atoms with Gasteiger partial charge in [-0.1, -0.05) is 78.6 Å². The molecule has 0 spiro atoms. The second kappa shape index (κ2) is 14.1. The van der Waals surface area contributed by atoms with Crippen LogP contribution in [0.15, 0.2) is 54.6 Å². The van der Waals surface area contributed by atoms with Gasteiger partial charge < -0.3 is 24.8 Å². The molecule has 184 valence electrons. The fraction of sp³-hybridized carbons (Fsp3) is 0.433. The maximum absolute atomic E-state index is 3.67. The second-order valence-electron chi connectivity index (χ2n) is 11.0. The molecule has 0 aliphatic heterocycles. The monoisotopic (exact) mass is 546 g/mol. The number of fused-ring (bicyclic) bond motifs is 3. The van der Waals surface area contributed by atoms with Gasteiger partial charge >= 0.3 is 38.5 Å². The SMILES string of the molecule is CC(C)(C)c1[c-]c2c(cc1)-c1ccc(C(C)(C)C)cc1C2.CCc1ccc[cH-]1.C[Si](C)=[Ti+2].[Cl-].[Cl-]. The summed E-state index contributed by atoms with van der Waals surface area (Å²) in [6, 6.07) is 23.6. The van der Waals surface area contributed by atoms with Gasteiger partial charge in [0.25, 0.3) is 0 Å². The summed E-state index contributed by atoms with van der Waals surface area (Å²) in [6.07, 6.45) is 2.31. The third-order valence-electron chi connectivity index (χ3n) is 5.60. The van der Waals surface area contributed by atoms with Crippen molar-refractivity contribution in [2.45, 2.75) is 85.2 Å². The Morgan fingerprint density at radius 2 is 1.50 bits per heavy atom. The molecule has 0 heterocycles. The zero-order valence-electron chi connectivity index (χ0n) is 22.4. The Morgan fingerprint density at radius 3 is 1.94 bits per heavy atom. The summed E-state index contributed by atoms with van der Waals surface area (Å²) in [5, 5.41) is 0. The summed E-state index contributed by atoms with van der Waals surface area (Å²) in [6.45, 7) is 20.3. The first-order chi connectivity index (χ1) is 14.8. The van der Waals surface area contributed by atoms with E-state index < -0.39 is 0 Å². The molecule has 34 heavy (non-hydrogen) atoms. The van der Waals surface area contributed by atoms with Gasteiger partial charge in [-0.3, -0.25) is 0 Å². The van der Waals surface area contributed by atoms with E-state index in [1.807, 2.05) is 0 Å². The summed E-state index contributed by atoms with van der Waals surface area (Å²) in [4.78, 5) is 0. The largest absolute Gasteiger partial charge is 1.00 e. The number of benzene rings is 2. The van der Waals surface area contributed by atoms with Crippen molar-refractivity contribution in [3.05, 3.63) is 88.5 Å². The minimum atomic E-state index is 0. The summed E-state index contributed by atoms with van der Waals surface area (Å²) in [5.74, 6) is 0. The smallest absolute Gasteiger partial charge is 1.00 e. The zero-order valence-corrected chi connectivity index (χ0v) is 26.4. The molecule has 0 bridgehead atoms. The van der Waals surface area contributed by atoms with Crippen LogP contribution in [0.5, 0.6) is 0 Å². The van der Waals surface area contributed by atoms with Crippen molar-refractivity contribution < 1.29 is 44.0 Å². The third-order valence-corrected chi connectivity index (χ3v) is 5.60. The number of hydrogen-bond donors (Lipinski definition) is 0. The molecule has 0 fully saturated rings. The van der Waals surface area contributed by atoms with Gasteiger partial charge in [-0.2, -0.15) is 41.5 Å². The zero-order chi connectivity index (χ0) is 24.1. The summed E-state index contributed by atoms with van der Waals surface area (Å²) in [7, 11) is 0. The van der Waals surface area contributed by atoms with E-state index in [1.54, 1.807) is 0 Å². The van der Waals surface area contributed by atoms with Crippen LogP contribution in [0.4, 0.5) is 0 Å². The predicted molar refractivity (Wildman–Crippen MR) is 140 cm³/mol. The molecule has 0 nitrogen and oxygen atoms in total. The molecule has 1 aliphatic carbocycles. The first-order valence-electron chi connectivity index (χ1n) is 11.7. The summed E-state index contributed by atoms with van der Waals surface area (Å²) < 4.78 is 0. The van der Waals surface area contributed by atoms with Crippen LogP contribution in [0.3, 0.4) is 0 Å². The Balaban J connectivity index is 0.000000702. The molecule has 0 radical (unpaired) electrons. The maximum atomic E-state index is 3.67. The van der Waals surface area contributed by atoms with Crippen LogP contribution in [0, 0.1) is 6.07 Å². The van der Waals surface area contributed by atoms with E-state index in [0.717, 1.165) is 12.8 Å². The molecule has 0 N–H and O–H groups in total. The van der Waals surface area contributed by atoms with Crippen LogP contribution in [0.1, 0.15) is 76.3 Å². The molecule has 3 aromatic rings. The van der Waals surface area contributed by atoms with Crippen LogP contribution in [0.2, 0.25) is 13.1 Å². The summed E-state index contributed by atoms with van der Waals surface area (Å²) in [5.41, 5.74) is 10.1. The van der Waals surface area contributed by atoms with Gasteiger partial charge in [-0.15, -0.1) is 11.1 Å². The molecule has 0 unspecified atom stereocenters. The van der Waals surface area contributed by atoms with Crippen LogP contribution in [0.25, 0.3) is 11.1 Å². The molecular weight excluding hydrogens is 507 g/mol. The fourth-order valence-electron chi connectivity index (χ4n) is 3.68. The van der Waals surface area contributed by atoms with Gasteiger partial charge in [-0.05, 0) is 28.4 Å². The van der Waals surface area contributed by atoms with E-state index in [9.17, 15) is 0 Å². The van der Waals surface area contributed by atoms with Crippen molar-refractivity contribution in [2.24, 2.45) is 0 Å². The Morgan fingerprint density at radius 1 is 0.912 bits per heavy atom. The van der Waals surface area contributed by atoms with E-state index in [0.29, 0.717) is 0 Å². The fourth-order valence-corrected chi connectivity index (χ4v) is 3.68. The number of halogens is 2. The van der Waals surface area contributed by atoms with E-state index in [1.165, 1.54) is 38.9 Å². The number of rotatable bonds is 1. The second-order valence-corrected chi connectivity index (χ2v) is 17.6. The molecule has 0 saturated heterocycles. The van der Waals surface area contributed by atoms with E-state index in [-0.39, 0.29) is 41.8 Å². The molecule has 0 atom stereocenters. The maximum Gasteiger partial charge on any atom is -1.00 e. The van der Waals surface area contributed by atoms with Crippen molar-refractivity contribution in [3.8, 4) is 11.1 Å². The van der Waals surface area contributed by atoms with Crippen molar-refractivity contribution in [1.82, 2.24) is 0 Å². The molecule has 1 aliphatic rings. The van der Waals surface area contributed by atoms with Crippen LogP contribution in [-0.2, 0) is 42.8 Å². The standard InChI is InChI=1S/C21H25.C7H9.C2H6Si.2ClH.Ti/c1-20(2,3)16-7-9-18-14(12-16)11-15-13-17(21(4,5)6)8-10-19(15)18;1-2-7-5-3-4-6-7;1-3-2;;;/h7-10,12H,11H2,1-6H3;3-6H,2H2,1H3;1-2H3;2*1H;/q2*-1;;;;+2/p-2. The molecule has 0 aromatic heterocycles. The number of aryl methyl sites for hydroxylation is 1. The minimum absolute atomic E-state index is 0. The van der Waals surface area contributed by atoms with Crippen LogP contribution in [-0.4, -0.2) is 6.19 Å². The molecule has 4 rings (SSSR count). The Labute approximate surface area is 233 Å². The van der Waals surface area contributed by atoms with E-state index in [4.69, 9.17) is 0 Å².